The van der Waals surface area contributed by atoms with Crippen LogP contribution in [0.5, 0.6) is 0 Å². The van der Waals surface area contributed by atoms with Gasteiger partial charge in [0.1, 0.15) is 10.8 Å². The molecule has 0 fully saturated rings. The Morgan fingerprint density at radius 1 is 1.53 bits per heavy atom. The molecule has 0 saturated carbocycles. The highest BCUT2D eigenvalue weighted by Crippen LogP contribution is 2.21. The lowest BCUT2D eigenvalue weighted by Gasteiger charge is -2.00. The molecule has 0 atom stereocenters. The van der Waals surface area contributed by atoms with E-state index in [-0.39, 0.29) is 0 Å². The fraction of sp³-hybridized carbons (Fsp3) is 0.333. The van der Waals surface area contributed by atoms with Gasteiger partial charge in [0.2, 0.25) is 0 Å². The molecule has 0 saturated heterocycles. The fourth-order valence-corrected chi connectivity index (χ4v) is 1.86. The third kappa shape index (κ3) is 2.10. The first kappa shape index (κ1) is 9.97. The summed E-state index contributed by atoms with van der Waals surface area (Å²) in [4.78, 5) is 4.11. The Morgan fingerprint density at radius 3 is 2.87 bits per heavy atom. The number of thiazole rings is 1. The number of aromatic nitrogens is 2. The first-order valence-electron chi connectivity index (χ1n) is 4.53. The lowest BCUT2D eigenvalue weighted by atomic mass is 10.2. The average Bonchev–Trinajstić information content (AvgIpc) is 2.73. The summed E-state index contributed by atoms with van der Waals surface area (Å²) in [6.45, 7) is 4.48. The van der Waals surface area contributed by atoms with Crippen LogP contribution in [0.3, 0.4) is 0 Å². The number of aryl methyl sites for hydroxylation is 2. The molecule has 2 rings (SSSR count). The number of nitrogens with one attached hydrogen (secondary N) is 1. The lowest BCUT2D eigenvalue weighted by Crippen LogP contribution is -2.00. The van der Waals surface area contributed by atoms with Gasteiger partial charge in [-0.15, -0.1) is 0 Å². The SMILES string of the molecule is Cc1noc(C)c1CNc1ncc(N)s1. The molecule has 2 heterocycles. The largest absolute Gasteiger partial charge is 0.389 e. The first-order valence-corrected chi connectivity index (χ1v) is 5.35. The second-order valence-corrected chi connectivity index (χ2v) is 4.29. The minimum atomic E-state index is 0.661. The number of anilines is 2. The van der Waals surface area contributed by atoms with Gasteiger partial charge in [-0.25, -0.2) is 4.98 Å². The van der Waals surface area contributed by atoms with Crippen LogP contribution in [0, 0.1) is 13.8 Å². The number of rotatable bonds is 3. The third-order valence-electron chi connectivity index (χ3n) is 2.12. The van der Waals surface area contributed by atoms with Crippen molar-refractivity contribution in [1.82, 2.24) is 10.1 Å². The van der Waals surface area contributed by atoms with E-state index < -0.39 is 0 Å². The number of hydrogen-bond donors (Lipinski definition) is 2. The van der Waals surface area contributed by atoms with Gasteiger partial charge in [0.25, 0.3) is 0 Å². The van der Waals surface area contributed by atoms with Crippen molar-refractivity contribution >= 4 is 21.5 Å². The van der Waals surface area contributed by atoms with Gasteiger partial charge >= 0.3 is 0 Å². The predicted octanol–water partition coefficient (Wildman–Crippen LogP) is 1.94. The molecule has 0 aliphatic heterocycles. The highest BCUT2D eigenvalue weighted by atomic mass is 32.1. The summed E-state index contributed by atoms with van der Waals surface area (Å²) in [7, 11) is 0. The highest BCUT2D eigenvalue weighted by molar-refractivity contribution is 7.19. The Kier molecular flexibility index (Phi) is 2.59. The Balaban J connectivity index is 2.05. The molecule has 15 heavy (non-hydrogen) atoms. The molecule has 3 N–H and O–H groups in total. The van der Waals surface area contributed by atoms with Crippen molar-refractivity contribution < 1.29 is 4.52 Å². The topological polar surface area (TPSA) is 77.0 Å². The summed E-state index contributed by atoms with van der Waals surface area (Å²) in [5, 5.41) is 8.57. The van der Waals surface area contributed by atoms with Gasteiger partial charge in [-0.05, 0) is 13.8 Å². The molecule has 2 aromatic rings. The fourth-order valence-electron chi connectivity index (χ4n) is 1.29. The molecule has 0 bridgehead atoms. The number of nitrogens with two attached hydrogens (primary N) is 1. The van der Waals surface area contributed by atoms with E-state index in [0.717, 1.165) is 22.1 Å². The molecule has 80 valence electrons. The van der Waals surface area contributed by atoms with Crippen LogP contribution in [0.25, 0.3) is 0 Å². The van der Waals surface area contributed by atoms with Crippen LogP contribution < -0.4 is 11.1 Å². The monoisotopic (exact) mass is 224 g/mol. The number of nitrogens with zero attached hydrogens (tertiary/aromatic N) is 2. The van der Waals surface area contributed by atoms with Crippen molar-refractivity contribution in [3.8, 4) is 0 Å². The zero-order valence-corrected chi connectivity index (χ0v) is 9.39. The average molecular weight is 224 g/mol. The predicted molar refractivity (Wildman–Crippen MR) is 59.8 cm³/mol. The molecule has 0 unspecified atom stereocenters. The van der Waals surface area contributed by atoms with Crippen molar-refractivity contribution in [2.75, 3.05) is 11.1 Å². The van der Waals surface area contributed by atoms with Gasteiger partial charge in [0.15, 0.2) is 5.13 Å². The first-order chi connectivity index (χ1) is 7.16. The molecule has 0 aliphatic rings. The van der Waals surface area contributed by atoms with Crippen LogP contribution in [0.4, 0.5) is 10.1 Å². The molecule has 0 radical (unpaired) electrons. The third-order valence-corrected chi connectivity index (χ3v) is 2.91. The van der Waals surface area contributed by atoms with Gasteiger partial charge < -0.3 is 15.6 Å². The second-order valence-electron chi connectivity index (χ2n) is 3.22. The number of hydrogen-bond acceptors (Lipinski definition) is 6. The summed E-state index contributed by atoms with van der Waals surface area (Å²) in [5.41, 5.74) is 7.55. The molecule has 0 aromatic carbocycles. The summed E-state index contributed by atoms with van der Waals surface area (Å²) in [6.07, 6.45) is 1.64. The van der Waals surface area contributed by atoms with E-state index >= 15 is 0 Å². The maximum Gasteiger partial charge on any atom is 0.184 e. The molecule has 0 amide bonds. The molecule has 2 aromatic heterocycles. The van der Waals surface area contributed by atoms with Gasteiger partial charge in [-0.3, -0.25) is 0 Å². The normalized spacial score (nSPS) is 10.5. The second kappa shape index (κ2) is 3.90. The van der Waals surface area contributed by atoms with Crippen molar-refractivity contribution in [3.63, 3.8) is 0 Å². The lowest BCUT2D eigenvalue weighted by molar-refractivity contribution is 0.392. The molecular weight excluding hydrogens is 212 g/mol. The minimum absolute atomic E-state index is 0.661. The maximum absolute atomic E-state index is 5.57. The number of nitrogen functional groups attached to an aromatic ring is 1. The van der Waals surface area contributed by atoms with Crippen molar-refractivity contribution in [1.29, 1.82) is 0 Å². The van der Waals surface area contributed by atoms with Gasteiger partial charge in [0.05, 0.1) is 11.9 Å². The van der Waals surface area contributed by atoms with Crippen LogP contribution >= 0.6 is 11.3 Å². The van der Waals surface area contributed by atoms with Gasteiger partial charge in [-0.1, -0.05) is 16.5 Å². The van der Waals surface area contributed by atoms with Gasteiger partial charge in [0, 0.05) is 12.1 Å². The Bertz CT molecular complexity index is 443. The quantitative estimate of drug-likeness (QED) is 0.833. The smallest absolute Gasteiger partial charge is 0.184 e. The molecule has 5 nitrogen and oxygen atoms in total. The van der Waals surface area contributed by atoms with Crippen LogP contribution in [0.15, 0.2) is 10.7 Å². The van der Waals surface area contributed by atoms with E-state index in [9.17, 15) is 0 Å². The van der Waals surface area contributed by atoms with E-state index in [1.54, 1.807) is 6.20 Å². The maximum atomic E-state index is 5.57. The van der Waals surface area contributed by atoms with Crippen molar-refractivity contribution in [3.05, 3.63) is 23.2 Å². The summed E-state index contributed by atoms with van der Waals surface area (Å²) in [6, 6.07) is 0. The zero-order chi connectivity index (χ0) is 10.8. The van der Waals surface area contributed by atoms with E-state index in [1.165, 1.54) is 11.3 Å². The summed E-state index contributed by atoms with van der Waals surface area (Å²) in [5.74, 6) is 0.838. The van der Waals surface area contributed by atoms with E-state index in [1.807, 2.05) is 13.8 Å². The van der Waals surface area contributed by atoms with Crippen molar-refractivity contribution in [2.24, 2.45) is 0 Å². The van der Waals surface area contributed by atoms with Gasteiger partial charge in [-0.2, -0.15) is 0 Å². The van der Waals surface area contributed by atoms with Crippen LogP contribution in [0.2, 0.25) is 0 Å². The summed E-state index contributed by atoms with van der Waals surface area (Å²) < 4.78 is 5.06. The molecule has 6 heteroatoms. The van der Waals surface area contributed by atoms with Crippen molar-refractivity contribution in [2.45, 2.75) is 20.4 Å². The van der Waals surface area contributed by atoms with E-state index in [4.69, 9.17) is 10.3 Å². The minimum Gasteiger partial charge on any atom is -0.389 e. The van der Waals surface area contributed by atoms with Crippen LogP contribution in [-0.2, 0) is 6.54 Å². The van der Waals surface area contributed by atoms with Crippen LogP contribution in [-0.4, -0.2) is 10.1 Å². The molecule has 0 spiro atoms. The van der Waals surface area contributed by atoms with E-state index in [0.29, 0.717) is 11.5 Å². The molecule has 0 aliphatic carbocycles. The zero-order valence-electron chi connectivity index (χ0n) is 8.57. The van der Waals surface area contributed by atoms with E-state index in [2.05, 4.69) is 15.5 Å². The van der Waals surface area contributed by atoms with Crippen LogP contribution in [0.1, 0.15) is 17.0 Å². The standard InChI is InChI=1S/C9H12N4OS/c1-5-7(6(2)14-13-5)3-11-9-12-4-8(10)15-9/h4H,3,10H2,1-2H3,(H,11,12). The Hall–Kier alpha value is -1.56. The molecular formula is C9H12N4OS. The highest BCUT2D eigenvalue weighted by Gasteiger charge is 2.08. The Labute approximate surface area is 91.3 Å². The summed E-state index contributed by atoms with van der Waals surface area (Å²) >= 11 is 1.43. The Morgan fingerprint density at radius 2 is 2.33 bits per heavy atom.